The number of hydrazine groups is 1. The third-order valence-corrected chi connectivity index (χ3v) is 6.39. The number of fused-ring (bicyclic) bond motifs is 1. The number of hydrogen-bond donors (Lipinski definition) is 3. The van der Waals surface area contributed by atoms with Crippen LogP contribution in [-0.4, -0.2) is 16.8 Å². The number of H-pyrrole nitrogens is 1. The SMILES string of the molecule is O=C(NNC(=O)c1c[nH]c2ccccc12)c1ccccc1SCc1cccs1. The molecule has 0 atom stereocenters. The average Bonchev–Trinajstić information content (AvgIpc) is 3.40. The van der Waals surface area contributed by atoms with Gasteiger partial charge in [0.05, 0.1) is 11.1 Å². The van der Waals surface area contributed by atoms with Crippen molar-refractivity contribution < 1.29 is 9.59 Å². The molecule has 28 heavy (non-hydrogen) atoms. The molecule has 0 bridgehead atoms. The molecule has 4 rings (SSSR count). The van der Waals surface area contributed by atoms with Gasteiger partial charge in [0.1, 0.15) is 0 Å². The normalized spacial score (nSPS) is 10.7. The molecule has 0 unspecified atom stereocenters. The lowest BCUT2D eigenvalue weighted by Crippen LogP contribution is -2.41. The highest BCUT2D eigenvalue weighted by Crippen LogP contribution is 2.27. The maximum Gasteiger partial charge on any atom is 0.271 e. The maximum atomic E-state index is 12.6. The zero-order valence-electron chi connectivity index (χ0n) is 14.8. The number of benzene rings is 2. The van der Waals surface area contributed by atoms with E-state index in [2.05, 4.69) is 21.9 Å². The predicted molar refractivity (Wildman–Crippen MR) is 114 cm³/mol. The number of rotatable bonds is 5. The van der Waals surface area contributed by atoms with Gasteiger partial charge in [-0.25, -0.2) is 0 Å². The minimum atomic E-state index is -0.366. The van der Waals surface area contributed by atoms with Crippen LogP contribution in [0.15, 0.2) is 77.1 Å². The van der Waals surface area contributed by atoms with E-state index in [9.17, 15) is 9.59 Å². The quantitative estimate of drug-likeness (QED) is 0.334. The summed E-state index contributed by atoms with van der Waals surface area (Å²) in [5.41, 5.74) is 6.91. The van der Waals surface area contributed by atoms with Gasteiger partial charge in [-0.3, -0.25) is 20.4 Å². The molecule has 2 aromatic heterocycles. The molecule has 140 valence electrons. The Kier molecular flexibility index (Phi) is 5.45. The second kappa shape index (κ2) is 8.33. The van der Waals surface area contributed by atoms with E-state index >= 15 is 0 Å². The molecule has 0 aliphatic heterocycles. The standard InChI is InChI=1S/C21H17N3O2S2/c25-20(16-8-2-4-10-19(16)28-13-14-6-5-11-27-14)23-24-21(26)17-12-22-18-9-3-1-7-15(17)18/h1-12,22H,13H2,(H,23,25)(H,24,26). The maximum absolute atomic E-state index is 12.6. The second-order valence-corrected chi connectivity index (χ2v) is 8.07. The first-order valence-electron chi connectivity index (χ1n) is 8.63. The summed E-state index contributed by atoms with van der Waals surface area (Å²) >= 11 is 3.29. The van der Waals surface area contributed by atoms with Gasteiger partial charge in [-0.2, -0.15) is 0 Å². The van der Waals surface area contributed by atoms with Gasteiger partial charge in [-0.1, -0.05) is 36.4 Å². The minimum absolute atomic E-state index is 0.345. The van der Waals surface area contributed by atoms with Crippen molar-refractivity contribution in [1.29, 1.82) is 0 Å². The van der Waals surface area contributed by atoms with Crippen molar-refractivity contribution in [3.8, 4) is 0 Å². The number of carbonyl (C=O) groups is 2. The Morgan fingerprint density at radius 1 is 0.893 bits per heavy atom. The largest absolute Gasteiger partial charge is 0.360 e. The predicted octanol–water partition coefficient (Wildman–Crippen LogP) is 4.60. The van der Waals surface area contributed by atoms with Crippen molar-refractivity contribution in [3.63, 3.8) is 0 Å². The Balaban J connectivity index is 1.43. The molecule has 0 radical (unpaired) electrons. The van der Waals surface area contributed by atoms with Gasteiger partial charge in [0.15, 0.2) is 0 Å². The van der Waals surface area contributed by atoms with Crippen LogP contribution in [0.1, 0.15) is 25.6 Å². The van der Waals surface area contributed by atoms with E-state index in [4.69, 9.17) is 0 Å². The zero-order valence-corrected chi connectivity index (χ0v) is 16.4. The van der Waals surface area contributed by atoms with Crippen LogP contribution in [0, 0.1) is 0 Å². The van der Waals surface area contributed by atoms with Crippen LogP contribution >= 0.6 is 23.1 Å². The molecule has 2 heterocycles. The Hall–Kier alpha value is -3.03. The molecule has 0 saturated carbocycles. The fourth-order valence-electron chi connectivity index (χ4n) is 2.83. The van der Waals surface area contributed by atoms with E-state index in [0.29, 0.717) is 11.1 Å². The smallest absolute Gasteiger partial charge is 0.271 e. The van der Waals surface area contributed by atoms with Crippen LogP contribution in [0.25, 0.3) is 10.9 Å². The summed E-state index contributed by atoms with van der Waals surface area (Å²) in [5.74, 6) is 0.0842. The second-order valence-electron chi connectivity index (χ2n) is 6.02. The van der Waals surface area contributed by atoms with Gasteiger partial charge in [0.25, 0.3) is 11.8 Å². The van der Waals surface area contributed by atoms with Crippen LogP contribution < -0.4 is 10.9 Å². The van der Waals surface area contributed by atoms with E-state index in [1.54, 1.807) is 35.4 Å². The fraction of sp³-hybridized carbons (Fsp3) is 0.0476. The summed E-state index contributed by atoms with van der Waals surface area (Å²) < 4.78 is 0. The summed E-state index contributed by atoms with van der Waals surface area (Å²) in [5, 5.41) is 2.84. The number of aromatic nitrogens is 1. The first-order chi connectivity index (χ1) is 13.7. The van der Waals surface area contributed by atoms with E-state index in [1.807, 2.05) is 53.9 Å². The Morgan fingerprint density at radius 2 is 1.64 bits per heavy atom. The van der Waals surface area contributed by atoms with Gasteiger partial charge >= 0.3 is 0 Å². The first-order valence-corrected chi connectivity index (χ1v) is 10.5. The molecule has 3 N–H and O–H groups in total. The number of carbonyl (C=O) groups excluding carboxylic acids is 2. The van der Waals surface area contributed by atoms with Gasteiger partial charge in [-0.05, 0) is 29.6 Å². The first kappa shape index (κ1) is 18.3. The summed E-state index contributed by atoms with van der Waals surface area (Å²) in [7, 11) is 0. The van der Waals surface area contributed by atoms with Crippen LogP contribution in [0.3, 0.4) is 0 Å². The zero-order chi connectivity index (χ0) is 19.3. The molecule has 0 saturated heterocycles. The number of thioether (sulfide) groups is 1. The van der Waals surface area contributed by atoms with Crippen molar-refractivity contribution in [3.05, 3.63) is 88.2 Å². The molecule has 0 fully saturated rings. The number of nitrogens with one attached hydrogen (secondary N) is 3. The fourth-order valence-corrected chi connectivity index (χ4v) is 4.65. The number of amides is 2. The third kappa shape index (κ3) is 3.95. The Bertz CT molecular complexity index is 1120. The highest BCUT2D eigenvalue weighted by atomic mass is 32.2. The average molecular weight is 408 g/mol. The molecule has 2 amide bonds. The van der Waals surface area contributed by atoms with Crippen molar-refractivity contribution in [2.45, 2.75) is 10.6 Å². The number of aromatic amines is 1. The molecular formula is C21H17N3O2S2. The lowest BCUT2D eigenvalue weighted by Gasteiger charge is -2.10. The summed E-state index contributed by atoms with van der Waals surface area (Å²) in [4.78, 5) is 30.3. The number of para-hydroxylation sites is 1. The van der Waals surface area contributed by atoms with Gasteiger partial charge < -0.3 is 4.98 Å². The molecular weight excluding hydrogens is 390 g/mol. The van der Waals surface area contributed by atoms with Gasteiger partial charge in [0.2, 0.25) is 0 Å². The Morgan fingerprint density at radius 3 is 2.46 bits per heavy atom. The van der Waals surface area contributed by atoms with Crippen LogP contribution in [-0.2, 0) is 5.75 Å². The van der Waals surface area contributed by atoms with E-state index in [-0.39, 0.29) is 11.8 Å². The van der Waals surface area contributed by atoms with E-state index < -0.39 is 0 Å². The van der Waals surface area contributed by atoms with Crippen molar-refractivity contribution in [2.24, 2.45) is 0 Å². The molecule has 5 nitrogen and oxygen atoms in total. The highest BCUT2D eigenvalue weighted by molar-refractivity contribution is 7.98. The Labute approximate surface area is 170 Å². The number of thiophene rings is 1. The molecule has 7 heteroatoms. The van der Waals surface area contributed by atoms with Crippen LogP contribution in [0.5, 0.6) is 0 Å². The monoisotopic (exact) mass is 407 g/mol. The minimum Gasteiger partial charge on any atom is -0.360 e. The van der Waals surface area contributed by atoms with E-state index in [1.165, 1.54) is 4.88 Å². The lowest BCUT2D eigenvalue weighted by atomic mass is 10.2. The highest BCUT2D eigenvalue weighted by Gasteiger charge is 2.15. The van der Waals surface area contributed by atoms with Crippen molar-refractivity contribution in [2.75, 3.05) is 0 Å². The molecule has 0 aliphatic carbocycles. The molecule has 2 aromatic carbocycles. The number of hydrogen-bond acceptors (Lipinski definition) is 4. The van der Waals surface area contributed by atoms with Crippen molar-refractivity contribution >= 4 is 45.8 Å². The third-order valence-electron chi connectivity index (χ3n) is 4.21. The van der Waals surface area contributed by atoms with Gasteiger partial charge in [0, 0.05) is 32.6 Å². The van der Waals surface area contributed by atoms with Crippen molar-refractivity contribution in [1.82, 2.24) is 15.8 Å². The van der Waals surface area contributed by atoms with E-state index in [0.717, 1.165) is 21.6 Å². The molecule has 0 aliphatic rings. The van der Waals surface area contributed by atoms with Crippen LogP contribution in [0.2, 0.25) is 0 Å². The summed E-state index contributed by atoms with van der Waals surface area (Å²) in [6.07, 6.45) is 1.64. The molecule has 4 aromatic rings. The topological polar surface area (TPSA) is 74.0 Å². The van der Waals surface area contributed by atoms with Crippen LogP contribution in [0.4, 0.5) is 0 Å². The van der Waals surface area contributed by atoms with Gasteiger partial charge in [-0.15, -0.1) is 23.1 Å². The lowest BCUT2D eigenvalue weighted by molar-refractivity contribution is 0.0846. The summed E-state index contributed by atoms with van der Waals surface area (Å²) in [6, 6.07) is 19.0. The molecule has 0 spiro atoms. The summed E-state index contributed by atoms with van der Waals surface area (Å²) in [6.45, 7) is 0.